The second kappa shape index (κ2) is 11.6. The molecule has 3 aromatic rings. The summed E-state index contributed by atoms with van der Waals surface area (Å²) in [5.74, 6) is 0.649. The lowest BCUT2D eigenvalue weighted by atomic mass is 10.0. The van der Waals surface area contributed by atoms with Gasteiger partial charge in [-0.25, -0.2) is 0 Å². The second-order valence-electron chi connectivity index (χ2n) is 8.32. The van der Waals surface area contributed by atoms with Crippen molar-refractivity contribution in [3.05, 3.63) is 89.5 Å². The van der Waals surface area contributed by atoms with Crippen LogP contribution in [0.25, 0.3) is 0 Å². The van der Waals surface area contributed by atoms with Crippen LogP contribution in [0.1, 0.15) is 34.3 Å². The number of nitrogens with zero attached hydrogens (tertiary/aromatic N) is 2. The first-order valence-electron chi connectivity index (χ1n) is 11.6. The summed E-state index contributed by atoms with van der Waals surface area (Å²) in [6, 6.07) is 24.6. The number of nitrogens with one attached hydrogen (secondary N) is 1. The number of para-hydroxylation sites is 1. The summed E-state index contributed by atoms with van der Waals surface area (Å²) < 4.78 is 5.36. The van der Waals surface area contributed by atoms with E-state index < -0.39 is 0 Å². The van der Waals surface area contributed by atoms with Crippen molar-refractivity contribution >= 4 is 23.6 Å². The largest absolute Gasteiger partial charge is 0.496 e. The second-order valence-corrected chi connectivity index (χ2v) is 9.41. The molecule has 35 heavy (non-hydrogen) atoms. The SMILES string of the molecule is COc1ccccc1CC(=O)N1CCC(NC(=O)c2ccccc2Sc2ccccc2C#N)CC1. The minimum atomic E-state index is -0.138. The summed E-state index contributed by atoms with van der Waals surface area (Å²) in [6.07, 6.45) is 1.71. The van der Waals surface area contributed by atoms with E-state index in [9.17, 15) is 14.9 Å². The first-order valence-corrected chi connectivity index (χ1v) is 12.4. The van der Waals surface area contributed by atoms with Crippen LogP contribution in [0.4, 0.5) is 0 Å². The summed E-state index contributed by atoms with van der Waals surface area (Å²) in [6.45, 7) is 1.20. The van der Waals surface area contributed by atoms with Gasteiger partial charge < -0.3 is 15.0 Å². The number of carbonyl (C=O) groups excluding carboxylic acids is 2. The molecule has 1 N–H and O–H groups in total. The Morgan fingerprint density at radius 1 is 1.00 bits per heavy atom. The van der Waals surface area contributed by atoms with Crippen LogP contribution in [0, 0.1) is 11.3 Å². The molecule has 0 saturated carbocycles. The van der Waals surface area contributed by atoms with Gasteiger partial charge in [0.05, 0.1) is 24.7 Å². The van der Waals surface area contributed by atoms with Gasteiger partial charge in [0.1, 0.15) is 11.8 Å². The van der Waals surface area contributed by atoms with Gasteiger partial charge in [0.25, 0.3) is 5.91 Å². The van der Waals surface area contributed by atoms with Crippen LogP contribution in [-0.2, 0) is 11.2 Å². The monoisotopic (exact) mass is 485 g/mol. The number of piperidine rings is 1. The van der Waals surface area contributed by atoms with Crippen molar-refractivity contribution in [1.29, 1.82) is 5.26 Å². The number of methoxy groups -OCH3 is 1. The molecule has 3 aromatic carbocycles. The topological polar surface area (TPSA) is 82.4 Å². The Morgan fingerprint density at radius 3 is 2.40 bits per heavy atom. The Labute approximate surface area is 209 Å². The van der Waals surface area contributed by atoms with Gasteiger partial charge in [0.2, 0.25) is 5.91 Å². The summed E-state index contributed by atoms with van der Waals surface area (Å²) in [5.41, 5.74) is 2.04. The fourth-order valence-corrected chi connectivity index (χ4v) is 5.19. The van der Waals surface area contributed by atoms with Crippen LogP contribution in [0.3, 0.4) is 0 Å². The fraction of sp³-hybridized carbons (Fsp3) is 0.250. The van der Waals surface area contributed by atoms with E-state index >= 15 is 0 Å². The smallest absolute Gasteiger partial charge is 0.252 e. The zero-order valence-corrected chi connectivity index (χ0v) is 20.4. The van der Waals surface area contributed by atoms with E-state index in [0.717, 1.165) is 21.1 Å². The van der Waals surface area contributed by atoms with Crippen LogP contribution in [0.2, 0.25) is 0 Å². The predicted molar refractivity (Wildman–Crippen MR) is 135 cm³/mol. The Hall–Kier alpha value is -3.76. The van der Waals surface area contributed by atoms with E-state index in [0.29, 0.717) is 43.5 Å². The molecule has 1 heterocycles. The molecule has 0 atom stereocenters. The third kappa shape index (κ3) is 6.03. The van der Waals surface area contributed by atoms with Gasteiger partial charge in [-0.05, 0) is 43.2 Å². The van der Waals surface area contributed by atoms with Gasteiger partial charge in [0.15, 0.2) is 0 Å². The zero-order valence-electron chi connectivity index (χ0n) is 19.6. The van der Waals surface area contributed by atoms with Crippen molar-refractivity contribution in [2.75, 3.05) is 20.2 Å². The number of amides is 2. The minimum Gasteiger partial charge on any atom is -0.496 e. The number of benzene rings is 3. The number of ether oxygens (including phenoxy) is 1. The van der Waals surface area contributed by atoms with Crippen molar-refractivity contribution < 1.29 is 14.3 Å². The third-order valence-corrected chi connectivity index (χ3v) is 7.23. The van der Waals surface area contributed by atoms with Gasteiger partial charge in [-0.3, -0.25) is 9.59 Å². The lowest BCUT2D eigenvalue weighted by Crippen LogP contribution is -2.47. The molecule has 1 aliphatic rings. The molecule has 1 saturated heterocycles. The van der Waals surface area contributed by atoms with Gasteiger partial charge in [0, 0.05) is 34.5 Å². The fourth-order valence-electron chi connectivity index (χ4n) is 4.17. The Kier molecular flexibility index (Phi) is 8.07. The summed E-state index contributed by atoms with van der Waals surface area (Å²) in [5, 5.41) is 12.5. The Balaban J connectivity index is 1.35. The molecule has 0 aliphatic carbocycles. The van der Waals surface area contributed by atoms with Gasteiger partial charge >= 0.3 is 0 Å². The van der Waals surface area contributed by atoms with Crippen molar-refractivity contribution in [3.63, 3.8) is 0 Å². The lowest BCUT2D eigenvalue weighted by Gasteiger charge is -2.32. The highest BCUT2D eigenvalue weighted by Gasteiger charge is 2.25. The highest BCUT2D eigenvalue weighted by molar-refractivity contribution is 7.99. The Bertz CT molecular complexity index is 1250. The van der Waals surface area contributed by atoms with E-state index in [1.165, 1.54) is 11.8 Å². The highest BCUT2D eigenvalue weighted by atomic mass is 32.2. The van der Waals surface area contributed by atoms with E-state index in [4.69, 9.17) is 4.74 Å². The molecule has 0 unspecified atom stereocenters. The standard InChI is InChI=1S/C28H27N3O3S/c1-34-24-11-5-2-8-20(24)18-27(32)31-16-14-22(15-17-31)30-28(33)23-10-4-7-13-26(23)35-25-12-6-3-9-21(25)19-29/h2-13,22H,14-18H2,1H3,(H,30,33). The van der Waals surface area contributed by atoms with Crippen LogP contribution < -0.4 is 10.1 Å². The summed E-state index contributed by atoms with van der Waals surface area (Å²) >= 11 is 1.42. The molecule has 1 fully saturated rings. The number of hydrogen-bond acceptors (Lipinski definition) is 5. The maximum absolute atomic E-state index is 13.1. The summed E-state index contributed by atoms with van der Waals surface area (Å²) in [7, 11) is 1.61. The lowest BCUT2D eigenvalue weighted by molar-refractivity contribution is -0.131. The van der Waals surface area contributed by atoms with Gasteiger partial charge in [-0.2, -0.15) is 5.26 Å². The molecule has 2 amide bonds. The molecule has 0 spiro atoms. The number of carbonyl (C=O) groups is 2. The van der Waals surface area contributed by atoms with E-state index in [1.54, 1.807) is 19.2 Å². The highest BCUT2D eigenvalue weighted by Crippen LogP contribution is 2.32. The maximum atomic E-state index is 13.1. The van der Waals surface area contributed by atoms with Gasteiger partial charge in [-0.15, -0.1) is 0 Å². The van der Waals surface area contributed by atoms with E-state index in [1.807, 2.05) is 65.6 Å². The van der Waals surface area contributed by atoms with E-state index in [2.05, 4.69) is 11.4 Å². The average molecular weight is 486 g/mol. The number of rotatable bonds is 7. The van der Waals surface area contributed by atoms with Crippen molar-refractivity contribution in [2.24, 2.45) is 0 Å². The first-order chi connectivity index (χ1) is 17.1. The van der Waals surface area contributed by atoms with Gasteiger partial charge in [-0.1, -0.05) is 54.2 Å². The average Bonchev–Trinajstić information content (AvgIpc) is 2.90. The molecule has 178 valence electrons. The Morgan fingerprint density at radius 2 is 1.66 bits per heavy atom. The molecule has 0 bridgehead atoms. The predicted octanol–water partition coefficient (Wildman–Crippen LogP) is 4.68. The third-order valence-electron chi connectivity index (χ3n) is 6.08. The normalized spacial score (nSPS) is 13.7. The number of hydrogen-bond donors (Lipinski definition) is 1. The molecule has 0 aromatic heterocycles. The molecule has 1 aliphatic heterocycles. The molecular weight excluding hydrogens is 458 g/mol. The molecule has 4 rings (SSSR count). The maximum Gasteiger partial charge on any atom is 0.252 e. The zero-order chi connectivity index (χ0) is 24.6. The van der Waals surface area contributed by atoms with Crippen molar-refractivity contribution in [1.82, 2.24) is 10.2 Å². The number of nitriles is 1. The van der Waals surface area contributed by atoms with Crippen LogP contribution in [0.15, 0.2) is 82.6 Å². The van der Waals surface area contributed by atoms with Crippen LogP contribution >= 0.6 is 11.8 Å². The molecule has 6 nitrogen and oxygen atoms in total. The minimum absolute atomic E-state index is 0.00209. The molecule has 0 radical (unpaired) electrons. The molecular formula is C28H27N3O3S. The summed E-state index contributed by atoms with van der Waals surface area (Å²) in [4.78, 5) is 29.4. The molecule has 7 heteroatoms. The quantitative estimate of drug-likeness (QED) is 0.525. The van der Waals surface area contributed by atoms with Crippen molar-refractivity contribution in [2.45, 2.75) is 35.1 Å². The van der Waals surface area contributed by atoms with Crippen LogP contribution in [0.5, 0.6) is 5.75 Å². The van der Waals surface area contributed by atoms with Crippen LogP contribution in [-0.4, -0.2) is 43.0 Å². The first kappa shape index (κ1) is 24.4. The number of likely N-dealkylation sites (tertiary alicyclic amines) is 1. The van der Waals surface area contributed by atoms with Crippen molar-refractivity contribution in [3.8, 4) is 11.8 Å². The van der Waals surface area contributed by atoms with E-state index in [-0.39, 0.29) is 17.9 Å².